The molecule has 5 nitrogen and oxygen atoms in total. The maximum absolute atomic E-state index is 11.8. The highest BCUT2D eigenvalue weighted by Crippen LogP contribution is 2.16. The fourth-order valence-electron chi connectivity index (χ4n) is 1.87. The van der Waals surface area contributed by atoms with E-state index in [2.05, 4.69) is 15.8 Å². The molecule has 2 amide bonds. The van der Waals surface area contributed by atoms with Crippen molar-refractivity contribution in [2.24, 2.45) is 0 Å². The summed E-state index contributed by atoms with van der Waals surface area (Å²) in [6.45, 7) is 4.08. The minimum atomic E-state index is -0.582. The van der Waals surface area contributed by atoms with Gasteiger partial charge in [-0.2, -0.15) is 0 Å². The highest BCUT2D eigenvalue weighted by Gasteiger charge is 2.23. The Balaban J connectivity index is 1.82. The van der Waals surface area contributed by atoms with Gasteiger partial charge in [0.25, 0.3) is 0 Å². The number of carbonyl (C=O) groups excluding carboxylic acids is 1. The third-order valence-electron chi connectivity index (χ3n) is 2.98. The molecule has 2 N–H and O–H groups in total. The molecule has 0 bridgehead atoms. The van der Waals surface area contributed by atoms with E-state index in [4.69, 9.17) is 4.84 Å². The van der Waals surface area contributed by atoms with E-state index in [-0.39, 0.29) is 0 Å². The molecule has 1 aromatic heterocycles. The molecule has 0 unspecified atom stereocenters. The van der Waals surface area contributed by atoms with Gasteiger partial charge in [-0.3, -0.25) is 9.82 Å². The molecule has 1 heterocycles. The van der Waals surface area contributed by atoms with E-state index in [1.165, 1.54) is 0 Å². The molecule has 2 rings (SSSR count). The van der Waals surface area contributed by atoms with Gasteiger partial charge in [0.05, 0.1) is 17.8 Å². The van der Waals surface area contributed by atoms with Crippen LogP contribution in [0.5, 0.6) is 0 Å². The zero-order valence-electron chi connectivity index (χ0n) is 12.2. The van der Waals surface area contributed by atoms with Crippen LogP contribution in [0.1, 0.15) is 25.1 Å². The molecule has 0 saturated heterocycles. The number of hydrogen-bond acceptors (Lipinski definition) is 3. The number of benzene rings is 1. The van der Waals surface area contributed by atoms with Crippen LogP contribution in [0.2, 0.25) is 0 Å². The monoisotopic (exact) mass is 285 g/mol. The number of nitrogens with zero attached hydrogens (tertiary/aromatic N) is 1. The number of hydrogen-bond donors (Lipinski definition) is 2. The topological polar surface area (TPSA) is 63.2 Å². The van der Waals surface area contributed by atoms with E-state index in [0.29, 0.717) is 6.61 Å². The summed E-state index contributed by atoms with van der Waals surface area (Å²) < 4.78 is 0. The van der Waals surface area contributed by atoms with Crippen molar-refractivity contribution in [3.8, 4) is 0 Å². The third kappa shape index (κ3) is 4.57. The van der Waals surface area contributed by atoms with Gasteiger partial charge in [-0.15, -0.1) is 0 Å². The number of hydroxylamine groups is 1. The maximum Gasteiger partial charge on any atom is 0.339 e. The van der Waals surface area contributed by atoms with Crippen LogP contribution in [0, 0.1) is 0 Å². The fraction of sp³-hybridized carbons (Fsp3) is 0.250. The van der Waals surface area contributed by atoms with Gasteiger partial charge in [-0.1, -0.05) is 36.4 Å². The van der Waals surface area contributed by atoms with Crippen molar-refractivity contribution in [1.29, 1.82) is 0 Å². The van der Waals surface area contributed by atoms with Gasteiger partial charge in [0, 0.05) is 6.20 Å². The molecule has 0 radical (unpaired) electrons. The highest BCUT2D eigenvalue weighted by atomic mass is 16.7. The molecule has 0 spiro atoms. The van der Waals surface area contributed by atoms with Crippen LogP contribution < -0.4 is 10.8 Å². The SMILES string of the molecule is CC(C)(NC(=O)NOCc1ccccc1)c1ccccn1. The van der Waals surface area contributed by atoms with Gasteiger partial charge in [0.2, 0.25) is 0 Å². The molecule has 21 heavy (non-hydrogen) atoms. The van der Waals surface area contributed by atoms with Crippen LogP contribution in [0.15, 0.2) is 54.7 Å². The summed E-state index contributed by atoms with van der Waals surface area (Å²) in [5, 5.41) is 2.82. The second-order valence-corrected chi connectivity index (χ2v) is 5.17. The summed E-state index contributed by atoms with van der Waals surface area (Å²) in [4.78, 5) is 21.3. The molecular formula is C16H19N3O2. The number of amides is 2. The quantitative estimate of drug-likeness (QED) is 0.830. The van der Waals surface area contributed by atoms with Crippen molar-refractivity contribution in [1.82, 2.24) is 15.8 Å². The number of pyridine rings is 1. The van der Waals surface area contributed by atoms with Crippen LogP contribution in [0.25, 0.3) is 0 Å². The van der Waals surface area contributed by atoms with Crippen LogP contribution in [0.3, 0.4) is 0 Å². The first-order valence-corrected chi connectivity index (χ1v) is 6.73. The average Bonchev–Trinajstić information content (AvgIpc) is 2.49. The summed E-state index contributed by atoms with van der Waals surface area (Å²) in [6, 6.07) is 14.8. The lowest BCUT2D eigenvalue weighted by atomic mass is 10.0. The first-order chi connectivity index (χ1) is 10.1. The molecular weight excluding hydrogens is 266 g/mol. The van der Waals surface area contributed by atoms with E-state index < -0.39 is 11.6 Å². The number of carbonyl (C=O) groups is 1. The van der Waals surface area contributed by atoms with Crippen LogP contribution in [0.4, 0.5) is 4.79 Å². The van der Waals surface area contributed by atoms with Gasteiger partial charge in [-0.25, -0.2) is 10.3 Å². The first-order valence-electron chi connectivity index (χ1n) is 6.73. The van der Waals surface area contributed by atoms with Crippen LogP contribution in [-0.2, 0) is 17.0 Å². The van der Waals surface area contributed by atoms with Crippen molar-refractivity contribution in [2.75, 3.05) is 0 Å². The average molecular weight is 285 g/mol. The van der Waals surface area contributed by atoms with E-state index in [9.17, 15) is 4.79 Å². The smallest absolute Gasteiger partial charge is 0.326 e. The van der Waals surface area contributed by atoms with Gasteiger partial charge < -0.3 is 5.32 Å². The van der Waals surface area contributed by atoms with Crippen molar-refractivity contribution in [3.05, 3.63) is 66.0 Å². The second-order valence-electron chi connectivity index (χ2n) is 5.17. The molecule has 2 aromatic rings. The summed E-state index contributed by atoms with van der Waals surface area (Å²) in [5.41, 5.74) is 3.57. The minimum absolute atomic E-state index is 0.318. The number of urea groups is 1. The Hall–Kier alpha value is -2.40. The van der Waals surface area contributed by atoms with Gasteiger partial charge in [-0.05, 0) is 31.5 Å². The molecule has 0 atom stereocenters. The van der Waals surface area contributed by atoms with E-state index >= 15 is 0 Å². The zero-order chi connectivity index (χ0) is 15.1. The lowest BCUT2D eigenvalue weighted by Gasteiger charge is -2.25. The molecule has 0 fully saturated rings. The van der Waals surface area contributed by atoms with Crippen LogP contribution >= 0.6 is 0 Å². The predicted molar refractivity (Wildman–Crippen MR) is 80.2 cm³/mol. The van der Waals surface area contributed by atoms with Gasteiger partial charge in [0.15, 0.2) is 0 Å². The van der Waals surface area contributed by atoms with E-state index in [1.807, 2.05) is 62.4 Å². The summed E-state index contributed by atoms with van der Waals surface area (Å²) in [5.74, 6) is 0. The Kier molecular flexibility index (Phi) is 4.90. The molecule has 0 aliphatic rings. The maximum atomic E-state index is 11.8. The van der Waals surface area contributed by atoms with Crippen molar-refractivity contribution >= 4 is 6.03 Å². The lowest BCUT2D eigenvalue weighted by molar-refractivity contribution is 0.0466. The van der Waals surface area contributed by atoms with E-state index in [1.54, 1.807) is 6.20 Å². The number of nitrogens with one attached hydrogen (secondary N) is 2. The summed E-state index contributed by atoms with van der Waals surface area (Å²) >= 11 is 0. The Morgan fingerprint density at radius 3 is 2.52 bits per heavy atom. The second kappa shape index (κ2) is 6.85. The zero-order valence-corrected chi connectivity index (χ0v) is 12.2. The lowest BCUT2D eigenvalue weighted by Crippen LogP contribution is -2.46. The molecule has 5 heteroatoms. The normalized spacial score (nSPS) is 11.0. The summed E-state index contributed by atoms with van der Waals surface area (Å²) in [6.07, 6.45) is 1.70. The Bertz CT molecular complexity index is 571. The Morgan fingerprint density at radius 2 is 1.86 bits per heavy atom. The summed E-state index contributed by atoms with van der Waals surface area (Å²) in [7, 11) is 0. The molecule has 0 aliphatic carbocycles. The van der Waals surface area contributed by atoms with Crippen molar-refractivity contribution in [3.63, 3.8) is 0 Å². The standard InChI is InChI=1S/C16H19N3O2/c1-16(2,14-10-6-7-11-17-14)18-15(20)19-21-12-13-8-4-3-5-9-13/h3-11H,12H2,1-2H3,(H2,18,19,20). The van der Waals surface area contributed by atoms with Crippen molar-refractivity contribution in [2.45, 2.75) is 26.0 Å². The fourth-order valence-corrected chi connectivity index (χ4v) is 1.87. The largest absolute Gasteiger partial charge is 0.339 e. The minimum Gasteiger partial charge on any atom is -0.326 e. The van der Waals surface area contributed by atoms with Gasteiger partial charge in [0.1, 0.15) is 0 Å². The van der Waals surface area contributed by atoms with Crippen molar-refractivity contribution < 1.29 is 9.63 Å². The van der Waals surface area contributed by atoms with E-state index in [0.717, 1.165) is 11.3 Å². The van der Waals surface area contributed by atoms with Gasteiger partial charge >= 0.3 is 6.03 Å². The Labute approximate surface area is 124 Å². The number of rotatable bonds is 5. The highest BCUT2D eigenvalue weighted by molar-refractivity contribution is 5.73. The Morgan fingerprint density at radius 1 is 1.14 bits per heavy atom. The molecule has 0 saturated carbocycles. The van der Waals surface area contributed by atoms with Crippen LogP contribution in [-0.4, -0.2) is 11.0 Å². The molecule has 110 valence electrons. The molecule has 1 aromatic carbocycles. The first kappa shape index (κ1) is 15.0. The predicted octanol–water partition coefficient (Wildman–Crippen LogP) is 2.75. The third-order valence-corrected chi connectivity index (χ3v) is 2.98. The number of aromatic nitrogens is 1. The molecule has 0 aliphatic heterocycles.